The predicted octanol–water partition coefficient (Wildman–Crippen LogP) is 2.94. The third-order valence-electron chi connectivity index (χ3n) is 4.06. The molecule has 2 atom stereocenters. The molecule has 3 rings (SSSR count). The molecule has 3 nitrogen and oxygen atoms in total. The second-order valence-electron chi connectivity index (χ2n) is 5.50. The van der Waals surface area contributed by atoms with Crippen LogP contribution in [0.15, 0.2) is 18.2 Å². The van der Waals surface area contributed by atoms with Crippen molar-refractivity contribution in [2.75, 3.05) is 13.2 Å². The molecule has 0 aromatic heterocycles. The van der Waals surface area contributed by atoms with Crippen molar-refractivity contribution in [2.24, 2.45) is 0 Å². The molecule has 1 saturated heterocycles. The highest BCUT2D eigenvalue weighted by molar-refractivity contribution is 5.35. The van der Waals surface area contributed by atoms with Gasteiger partial charge in [0.1, 0.15) is 0 Å². The molecule has 1 aromatic rings. The van der Waals surface area contributed by atoms with Gasteiger partial charge < -0.3 is 14.8 Å². The highest BCUT2D eigenvalue weighted by atomic mass is 16.5. The molecule has 104 valence electrons. The van der Waals surface area contributed by atoms with Gasteiger partial charge in [0, 0.05) is 6.61 Å². The molecule has 1 aromatic carbocycles. The lowest BCUT2D eigenvalue weighted by Crippen LogP contribution is -2.32. The summed E-state index contributed by atoms with van der Waals surface area (Å²) >= 11 is 0. The Kier molecular flexibility index (Phi) is 4.16. The van der Waals surface area contributed by atoms with E-state index in [0.29, 0.717) is 12.1 Å². The zero-order chi connectivity index (χ0) is 13.1. The number of hydrogen-bond donors (Lipinski definition) is 1. The second-order valence-corrected chi connectivity index (χ2v) is 5.50. The monoisotopic (exact) mass is 261 g/mol. The molecule has 2 aliphatic rings. The topological polar surface area (TPSA) is 30.5 Å². The van der Waals surface area contributed by atoms with Gasteiger partial charge >= 0.3 is 0 Å². The standard InChI is InChI=1S/C16H23NO2/c1-2-7-17-16(15-4-3-8-19-15)12-5-6-13-10-18-11-14(13)9-12/h5-6,9,15-17H,2-4,7-8,10-11H2,1H3. The lowest BCUT2D eigenvalue weighted by Gasteiger charge is -2.25. The summed E-state index contributed by atoms with van der Waals surface area (Å²) in [6.45, 7) is 5.68. The van der Waals surface area contributed by atoms with Crippen molar-refractivity contribution in [3.8, 4) is 0 Å². The number of ether oxygens (including phenoxy) is 2. The molecule has 2 unspecified atom stereocenters. The lowest BCUT2D eigenvalue weighted by molar-refractivity contribution is 0.0782. The minimum absolute atomic E-state index is 0.326. The summed E-state index contributed by atoms with van der Waals surface area (Å²) in [5, 5.41) is 3.65. The zero-order valence-electron chi connectivity index (χ0n) is 11.7. The Bertz CT molecular complexity index is 427. The average molecular weight is 261 g/mol. The van der Waals surface area contributed by atoms with Crippen LogP contribution in [0.25, 0.3) is 0 Å². The van der Waals surface area contributed by atoms with E-state index in [1.54, 1.807) is 0 Å². The molecule has 3 heteroatoms. The summed E-state index contributed by atoms with van der Waals surface area (Å²) in [6, 6.07) is 7.08. The van der Waals surface area contributed by atoms with Crippen LogP contribution in [0.4, 0.5) is 0 Å². The quantitative estimate of drug-likeness (QED) is 0.884. The fraction of sp³-hybridized carbons (Fsp3) is 0.625. The summed E-state index contributed by atoms with van der Waals surface area (Å²) in [5.74, 6) is 0. The van der Waals surface area contributed by atoms with Crippen molar-refractivity contribution in [3.63, 3.8) is 0 Å². The molecule has 1 N–H and O–H groups in total. The Balaban J connectivity index is 1.81. The van der Waals surface area contributed by atoms with Crippen molar-refractivity contribution in [2.45, 2.75) is 51.5 Å². The molecule has 19 heavy (non-hydrogen) atoms. The van der Waals surface area contributed by atoms with Crippen molar-refractivity contribution in [1.82, 2.24) is 5.32 Å². The van der Waals surface area contributed by atoms with E-state index >= 15 is 0 Å². The lowest BCUT2D eigenvalue weighted by atomic mass is 9.96. The fourth-order valence-electron chi connectivity index (χ4n) is 3.01. The second kappa shape index (κ2) is 6.04. The molecule has 2 aliphatic heterocycles. The molecular weight excluding hydrogens is 238 g/mol. The summed E-state index contributed by atoms with van der Waals surface area (Å²) in [5.41, 5.74) is 4.04. The molecule has 2 heterocycles. The van der Waals surface area contributed by atoms with Crippen LogP contribution in [0.1, 0.15) is 48.9 Å². The van der Waals surface area contributed by atoms with Crippen molar-refractivity contribution < 1.29 is 9.47 Å². The van der Waals surface area contributed by atoms with Crippen LogP contribution in [0.5, 0.6) is 0 Å². The summed E-state index contributed by atoms with van der Waals surface area (Å²) < 4.78 is 11.4. The van der Waals surface area contributed by atoms with Crippen LogP contribution in [0, 0.1) is 0 Å². The van der Waals surface area contributed by atoms with Gasteiger partial charge in [-0.1, -0.05) is 25.1 Å². The molecule has 0 aliphatic carbocycles. The van der Waals surface area contributed by atoms with E-state index in [4.69, 9.17) is 9.47 Å². The molecule has 0 bridgehead atoms. The maximum Gasteiger partial charge on any atom is 0.0770 e. The Morgan fingerprint density at radius 1 is 1.32 bits per heavy atom. The third kappa shape index (κ3) is 2.83. The zero-order valence-corrected chi connectivity index (χ0v) is 11.7. The first-order valence-electron chi connectivity index (χ1n) is 7.43. The van der Waals surface area contributed by atoms with Gasteiger partial charge in [0.05, 0.1) is 25.4 Å². The number of benzene rings is 1. The first-order valence-corrected chi connectivity index (χ1v) is 7.43. The van der Waals surface area contributed by atoms with E-state index in [2.05, 4.69) is 30.4 Å². The summed E-state index contributed by atoms with van der Waals surface area (Å²) in [7, 11) is 0. The largest absolute Gasteiger partial charge is 0.376 e. The van der Waals surface area contributed by atoms with Gasteiger partial charge in [-0.25, -0.2) is 0 Å². The van der Waals surface area contributed by atoms with Gasteiger partial charge in [0.25, 0.3) is 0 Å². The minimum Gasteiger partial charge on any atom is -0.376 e. The van der Waals surface area contributed by atoms with E-state index < -0.39 is 0 Å². The number of rotatable bonds is 5. The Morgan fingerprint density at radius 2 is 2.21 bits per heavy atom. The van der Waals surface area contributed by atoms with Gasteiger partial charge in [-0.05, 0) is 42.5 Å². The Hall–Kier alpha value is -0.900. The van der Waals surface area contributed by atoms with Crippen LogP contribution in [-0.2, 0) is 22.7 Å². The fourth-order valence-corrected chi connectivity index (χ4v) is 3.01. The normalized spacial score (nSPS) is 23.5. The smallest absolute Gasteiger partial charge is 0.0770 e. The van der Waals surface area contributed by atoms with Crippen LogP contribution < -0.4 is 5.32 Å². The highest BCUT2D eigenvalue weighted by Gasteiger charge is 2.27. The molecule has 0 saturated carbocycles. The Morgan fingerprint density at radius 3 is 3.00 bits per heavy atom. The van der Waals surface area contributed by atoms with Crippen molar-refractivity contribution >= 4 is 0 Å². The SMILES string of the molecule is CCCNC(c1ccc2c(c1)COC2)C1CCCO1. The molecule has 0 amide bonds. The van der Waals surface area contributed by atoms with E-state index in [1.165, 1.54) is 23.1 Å². The van der Waals surface area contributed by atoms with Gasteiger partial charge in [0.15, 0.2) is 0 Å². The number of nitrogens with one attached hydrogen (secondary N) is 1. The van der Waals surface area contributed by atoms with Crippen LogP contribution >= 0.6 is 0 Å². The first-order chi connectivity index (χ1) is 9.38. The van der Waals surface area contributed by atoms with E-state index in [0.717, 1.165) is 39.2 Å². The van der Waals surface area contributed by atoms with Gasteiger partial charge in [-0.3, -0.25) is 0 Å². The van der Waals surface area contributed by atoms with Crippen LogP contribution in [0.3, 0.4) is 0 Å². The predicted molar refractivity (Wildman–Crippen MR) is 74.9 cm³/mol. The maximum atomic E-state index is 5.89. The van der Waals surface area contributed by atoms with Crippen molar-refractivity contribution in [3.05, 3.63) is 34.9 Å². The molecular formula is C16H23NO2. The summed E-state index contributed by atoms with van der Waals surface area (Å²) in [6.07, 6.45) is 3.82. The van der Waals surface area contributed by atoms with Crippen LogP contribution in [0.2, 0.25) is 0 Å². The Labute approximate surface area is 115 Å². The first kappa shape index (κ1) is 13.1. The van der Waals surface area contributed by atoms with Gasteiger partial charge in [-0.15, -0.1) is 0 Å². The third-order valence-corrected chi connectivity index (χ3v) is 4.06. The highest BCUT2D eigenvalue weighted by Crippen LogP contribution is 2.30. The average Bonchev–Trinajstić information content (AvgIpc) is 3.09. The molecule has 1 fully saturated rings. The number of hydrogen-bond acceptors (Lipinski definition) is 3. The summed E-state index contributed by atoms with van der Waals surface area (Å²) in [4.78, 5) is 0. The minimum atomic E-state index is 0.326. The van der Waals surface area contributed by atoms with Crippen LogP contribution in [-0.4, -0.2) is 19.3 Å². The van der Waals surface area contributed by atoms with E-state index in [-0.39, 0.29) is 0 Å². The molecule has 0 radical (unpaired) electrons. The van der Waals surface area contributed by atoms with Gasteiger partial charge in [0.2, 0.25) is 0 Å². The number of fused-ring (bicyclic) bond motifs is 1. The van der Waals surface area contributed by atoms with E-state index in [9.17, 15) is 0 Å². The van der Waals surface area contributed by atoms with E-state index in [1.807, 2.05) is 0 Å². The maximum absolute atomic E-state index is 5.89. The van der Waals surface area contributed by atoms with Crippen molar-refractivity contribution in [1.29, 1.82) is 0 Å². The van der Waals surface area contributed by atoms with Gasteiger partial charge in [-0.2, -0.15) is 0 Å². The molecule has 0 spiro atoms.